The molecule has 0 saturated carbocycles. The van der Waals surface area contributed by atoms with Crippen molar-refractivity contribution in [3.63, 3.8) is 0 Å². The minimum Gasteiger partial charge on any atom is -0.457 e. The number of hydrogen-bond acceptors (Lipinski definition) is 4. The first-order valence-corrected chi connectivity index (χ1v) is 10.3. The Morgan fingerprint density at radius 3 is 2.45 bits per heavy atom. The molecule has 2 aromatic carbocycles. The summed E-state index contributed by atoms with van der Waals surface area (Å²) in [6.07, 6.45) is 4.15. The standard InChI is InChI=1S/C24H22N4O3/c1-17(29)26-14-12-19(16-26)28-22-11-13-25-15-23(22)27(24(28)30)18-7-9-21(10-8-18)31-20-5-3-2-4-6-20/h2-11,13,15,19H,12,14,16H2,1H3/t19-/m1/s1. The Balaban J connectivity index is 1.53. The molecule has 1 aliphatic heterocycles. The van der Waals surface area contributed by atoms with Crippen LogP contribution in [0.2, 0.25) is 0 Å². The van der Waals surface area contributed by atoms with E-state index in [1.54, 1.807) is 33.4 Å². The molecule has 1 saturated heterocycles. The van der Waals surface area contributed by atoms with Crippen LogP contribution >= 0.6 is 0 Å². The number of imidazole rings is 1. The molecule has 1 aliphatic rings. The Morgan fingerprint density at radius 2 is 1.74 bits per heavy atom. The third-order valence-corrected chi connectivity index (χ3v) is 5.72. The second kappa shape index (κ2) is 7.75. The van der Waals surface area contributed by atoms with Crippen LogP contribution in [-0.4, -0.2) is 38.0 Å². The largest absolute Gasteiger partial charge is 0.457 e. The zero-order valence-corrected chi connectivity index (χ0v) is 17.1. The maximum Gasteiger partial charge on any atom is 0.334 e. The molecule has 0 aliphatic carbocycles. The number of likely N-dealkylation sites (tertiary alicyclic amines) is 1. The van der Waals surface area contributed by atoms with Crippen LogP contribution in [0.4, 0.5) is 0 Å². The van der Waals surface area contributed by atoms with E-state index in [9.17, 15) is 9.59 Å². The molecule has 2 aromatic heterocycles. The minimum atomic E-state index is -0.130. The van der Waals surface area contributed by atoms with E-state index in [1.165, 1.54) is 0 Å². The van der Waals surface area contributed by atoms with Gasteiger partial charge in [-0.25, -0.2) is 4.79 Å². The first-order chi connectivity index (χ1) is 15.1. The summed E-state index contributed by atoms with van der Waals surface area (Å²) >= 11 is 0. The highest BCUT2D eigenvalue weighted by atomic mass is 16.5. The highest BCUT2D eigenvalue weighted by Gasteiger charge is 2.29. The van der Waals surface area contributed by atoms with Crippen molar-refractivity contribution in [3.8, 4) is 17.2 Å². The first-order valence-electron chi connectivity index (χ1n) is 10.3. The summed E-state index contributed by atoms with van der Waals surface area (Å²) in [5, 5.41) is 0. The smallest absolute Gasteiger partial charge is 0.334 e. The summed E-state index contributed by atoms with van der Waals surface area (Å²) in [5.74, 6) is 1.48. The Kier molecular flexibility index (Phi) is 4.78. The molecule has 156 valence electrons. The molecule has 0 unspecified atom stereocenters. The van der Waals surface area contributed by atoms with Crippen LogP contribution in [-0.2, 0) is 4.79 Å². The molecule has 7 heteroatoms. The fourth-order valence-corrected chi connectivity index (χ4v) is 4.20. The Labute approximate surface area is 179 Å². The maximum absolute atomic E-state index is 13.5. The highest BCUT2D eigenvalue weighted by molar-refractivity contribution is 5.77. The third-order valence-electron chi connectivity index (χ3n) is 5.72. The molecule has 4 aromatic rings. The zero-order valence-electron chi connectivity index (χ0n) is 17.1. The summed E-state index contributed by atoms with van der Waals surface area (Å²) in [7, 11) is 0. The summed E-state index contributed by atoms with van der Waals surface area (Å²) < 4.78 is 9.34. The Hall–Kier alpha value is -3.87. The number of carbonyl (C=O) groups is 1. The van der Waals surface area contributed by atoms with E-state index in [2.05, 4.69) is 4.98 Å². The van der Waals surface area contributed by atoms with E-state index in [0.717, 1.165) is 28.9 Å². The molecule has 31 heavy (non-hydrogen) atoms. The molecule has 1 atom stereocenters. The van der Waals surface area contributed by atoms with Gasteiger partial charge in [0, 0.05) is 26.2 Å². The molecule has 0 bridgehead atoms. The highest BCUT2D eigenvalue weighted by Crippen LogP contribution is 2.27. The molecule has 0 radical (unpaired) electrons. The van der Waals surface area contributed by atoms with E-state index in [0.29, 0.717) is 18.8 Å². The lowest BCUT2D eigenvalue weighted by molar-refractivity contribution is -0.127. The minimum absolute atomic E-state index is 0.0370. The van der Waals surface area contributed by atoms with Gasteiger partial charge in [0.15, 0.2) is 0 Å². The van der Waals surface area contributed by atoms with E-state index < -0.39 is 0 Å². The number of hydrogen-bond donors (Lipinski definition) is 0. The predicted octanol–water partition coefficient (Wildman–Crippen LogP) is 3.77. The normalized spacial score (nSPS) is 16.0. The molecule has 5 rings (SSSR count). The number of aromatic nitrogens is 3. The summed E-state index contributed by atoms with van der Waals surface area (Å²) in [6, 6.07) is 18.8. The van der Waals surface area contributed by atoms with Gasteiger partial charge in [-0.3, -0.25) is 18.9 Å². The van der Waals surface area contributed by atoms with Crippen molar-refractivity contribution in [3.05, 3.63) is 83.5 Å². The molecule has 0 N–H and O–H groups in total. The van der Waals surface area contributed by atoms with Gasteiger partial charge >= 0.3 is 5.69 Å². The fourth-order valence-electron chi connectivity index (χ4n) is 4.20. The average Bonchev–Trinajstić information content (AvgIpc) is 3.37. The van der Waals surface area contributed by atoms with E-state index in [4.69, 9.17) is 4.74 Å². The predicted molar refractivity (Wildman–Crippen MR) is 118 cm³/mol. The number of nitrogens with zero attached hydrogens (tertiary/aromatic N) is 4. The number of benzene rings is 2. The number of rotatable bonds is 4. The van der Waals surface area contributed by atoms with Crippen LogP contribution in [0.3, 0.4) is 0 Å². The van der Waals surface area contributed by atoms with Crippen LogP contribution in [0.5, 0.6) is 11.5 Å². The number of para-hydroxylation sites is 1. The maximum atomic E-state index is 13.5. The summed E-state index contributed by atoms with van der Waals surface area (Å²) in [5.41, 5.74) is 2.17. The van der Waals surface area contributed by atoms with Crippen molar-refractivity contribution >= 4 is 16.9 Å². The monoisotopic (exact) mass is 414 g/mol. The van der Waals surface area contributed by atoms with Crippen molar-refractivity contribution in [2.75, 3.05) is 13.1 Å². The number of amides is 1. The van der Waals surface area contributed by atoms with Gasteiger partial charge in [-0.05, 0) is 48.9 Å². The van der Waals surface area contributed by atoms with E-state index in [-0.39, 0.29) is 17.6 Å². The number of carbonyl (C=O) groups excluding carboxylic acids is 1. The van der Waals surface area contributed by atoms with Crippen LogP contribution in [0.1, 0.15) is 19.4 Å². The lowest BCUT2D eigenvalue weighted by Gasteiger charge is -2.15. The molecular formula is C24H22N4O3. The van der Waals surface area contributed by atoms with Crippen molar-refractivity contribution in [1.82, 2.24) is 19.0 Å². The third kappa shape index (κ3) is 3.48. The molecule has 3 heterocycles. The lowest BCUT2D eigenvalue weighted by atomic mass is 10.2. The number of pyridine rings is 1. The number of fused-ring (bicyclic) bond motifs is 1. The SMILES string of the molecule is CC(=O)N1CC[C@@H](n2c(=O)n(-c3ccc(Oc4ccccc4)cc3)c3cnccc32)C1. The molecule has 7 nitrogen and oxygen atoms in total. The van der Waals surface area contributed by atoms with Gasteiger partial charge in [-0.2, -0.15) is 0 Å². The molecular weight excluding hydrogens is 392 g/mol. The second-order valence-electron chi connectivity index (χ2n) is 7.67. The topological polar surface area (TPSA) is 69.4 Å². The first kappa shape index (κ1) is 19.1. The summed E-state index contributed by atoms with van der Waals surface area (Å²) in [6.45, 7) is 2.77. The van der Waals surface area contributed by atoms with E-state index in [1.807, 2.05) is 60.7 Å². The molecule has 1 fully saturated rings. The van der Waals surface area contributed by atoms with Crippen molar-refractivity contribution in [2.24, 2.45) is 0 Å². The lowest BCUT2D eigenvalue weighted by Crippen LogP contribution is -2.30. The molecule has 1 amide bonds. The van der Waals surface area contributed by atoms with Crippen molar-refractivity contribution in [2.45, 2.75) is 19.4 Å². The van der Waals surface area contributed by atoms with Crippen LogP contribution in [0.25, 0.3) is 16.7 Å². The fraction of sp³-hybridized carbons (Fsp3) is 0.208. The van der Waals surface area contributed by atoms with Gasteiger partial charge in [-0.15, -0.1) is 0 Å². The van der Waals surface area contributed by atoms with Crippen LogP contribution in [0.15, 0.2) is 77.9 Å². The van der Waals surface area contributed by atoms with Gasteiger partial charge in [0.2, 0.25) is 5.91 Å². The van der Waals surface area contributed by atoms with Gasteiger partial charge < -0.3 is 9.64 Å². The number of ether oxygens (including phenoxy) is 1. The zero-order chi connectivity index (χ0) is 21.4. The molecule has 0 spiro atoms. The van der Waals surface area contributed by atoms with Gasteiger partial charge in [0.1, 0.15) is 11.5 Å². The van der Waals surface area contributed by atoms with Crippen LogP contribution in [0, 0.1) is 0 Å². The van der Waals surface area contributed by atoms with E-state index >= 15 is 0 Å². The van der Waals surface area contributed by atoms with Gasteiger partial charge in [-0.1, -0.05) is 18.2 Å². The van der Waals surface area contributed by atoms with Crippen molar-refractivity contribution < 1.29 is 9.53 Å². The Bertz CT molecular complexity index is 1290. The van der Waals surface area contributed by atoms with Gasteiger partial charge in [0.25, 0.3) is 0 Å². The van der Waals surface area contributed by atoms with Crippen LogP contribution < -0.4 is 10.4 Å². The Morgan fingerprint density at radius 1 is 1.00 bits per heavy atom. The quantitative estimate of drug-likeness (QED) is 0.510. The van der Waals surface area contributed by atoms with Gasteiger partial charge in [0.05, 0.1) is 29.0 Å². The summed E-state index contributed by atoms with van der Waals surface area (Å²) in [4.78, 5) is 31.3. The second-order valence-corrected chi connectivity index (χ2v) is 7.67. The average molecular weight is 414 g/mol. The van der Waals surface area contributed by atoms with Crippen molar-refractivity contribution in [1.29, 1.82) is 0 Å².